The lowest BCUT2D eigenvalue weighted by Crippen LogP contribution is -2.48. The molecule has 98 valence electrons. The number of ether oxygens (including phenoxy) is 2. The summed E-state index contributed by atoms with van der Waals surface area (Å²) < 4.78 is 10.5. The van der Waals surface area contributed by atoms with E-state index < -0.39 is 6.10 Å². The van der Waals surface area contributed by atoms with Crippen molar-refractivity contribution in [2.45, 2.75) is 19.4 Å². The molecule has 1 rings (SSSR count). The Kier molecular flexibility index (Phi) is 5.71. The van der Waals surface area contributed by atoms with Gasteiger partial charge in [0.2, 0.25) is 0 Å². The van der Waals surface area contributed by atoms with E-state index in [1.54, 1.807) is 0 Å². The molecule has 7 heteroatoms. The minimum atomic E-state index is -0.582. The van der Waals surface area contributed by atoms with Crippen molar-refractivity contribution in [1.29, 1.82) is 0 Å². The first-order chi connectivity index (χ1) is 8.19. The highest BCUT2D eigenvalue weighted by Crippen LogP contribution is 2.06. The monoisotopic (exact) mass is 245 g/mol. The summed E-state index contributed by atoms with van der Waals surface area (Å²) >= 11 is 0. The van der Waals surface area contributed by atoms with Gasteiger partial charge in [0.25, 0.3) is 5.91 Å². The Bertz CT molecular complexity index is 277. The van der Waals surface area contributed by atoms with Crippen molar-refractivity contribution < 1.29 is 19.5 Å². The Morgan fingerprint density at radius 2 is 2.35 bits per heavy atom. The quantitative estimate of drug-likeness (QED) is 0.291. The molecule has 7 nitrogen and oxygen atoms in total. The topological polar surface area (TPSA) is 97.4 Å². The maximum Gasteiger partial charge on any atom is 0.254 e. The van der Waals surface area contributed by atoms with Crippen LogP contribution in [0.1, 0.15) is 13.3 Å². The van der Waals surface area contributed by atoms with Gasteiger partial charge in [0.1, 0.15) is 0 Å². The summed E-state index contributed by atoms with van der Waals surface area (Å²) in [6.45, 7) is 3.77. The third kappa shape index (κ3) is 4.20. The van der Waals surface area contributed by atoms with Crippen molar-refractivity contribution >= 4 is 11.7 Å². The predicted molar refractivity (Wildman–Crippen MR) is 60.8 cm³/mol. The average molecular weight is 245 g/mol. The molecule has 0 aromatic rings. The van der Waals surface area contributed by atoms with E-state index >= 15 is 0 Å². The lowest BCUT2D eigenvalue weighted by atomic mass is 10.2. The second kappa shape index (κ2) is 7.08. The third-order valence-corrected chi connectivity index (χ3v) is 2.38. The summed E-state index contributed by atoms with van der Waals surface area (Å²) in [5.41, 5.74) is 5.41. The van der Waals surface area contributed by atoms with Crippen molar-refractivity contribution in [2.24, 2.45) is 10.9 Å². The van der Waals surface area contributed by atoms with Gasteiger partial charge < -0.3 is 25.3 Å². The van der Waals surface area contributed by atoms with Gasteiger partial charge >= 0.3 is 0 Å². The van der Waals surface area contributed by atoms with Crippen LogP contribution in [-0.4, -0.2) is 60.9 Å². The largest absolute Gasteiger partial charge is 0.409 e. The summed E-state index contributed by atoms with van der Waals surface area (Å²) in [6, 6.07) is 0. The molecule has 1 unspecified atom stereocenters. The first-order valence-electron chi connectivity index (χ1n) is 5.63. The van der Waals surface area contributed by atoms with Gasteiger partial charge in [-0.05, 0) is 6.42 Å². The van der Waals surface area contributed by atoms with Crippen LogP contribution >= 0.6 is 0 Å². The molecule has 3 N–H and O–H groups in total. The zero-order chi connectivity index (χ0) is 12.7. The Hall–Kier alpha value is -1.34. The molecule has 1 fully saturated rings. The van der Waals surface area contributed by atoms with Crippen molar-refractivity contribution in [3.63, 3.8) is 0 Å². The molecule has 1 aliphatic rings. The molecule has 1 heterocycles. The molecule has 1 saturated heterocycles. The maximum atomic E-state index is 12.1. The minimum absolute atomic E-state index is 0.00327. The predicted octanol–water partition coefficient (Wildman–Crippen LogP) is -0.613. The molecule has 0 spiro atoms. The van der Waals surface area contributed by atoms with Gasteiger partial charge in [-0.25, -0.2) is 0 Å². The minimum Gasteiger partial charge on any atom is -0.409 e. The van der Waals surface area contributed by atoms with E-state index in [2.05, 4.69) is 5.16 Å². The lowest BCUT2D eigenvalue weighted by molar-refractivity contribution is -0.157. The zero-order valence-electron chi connectivity index (χ0n) is 9.96. The number of rotatable bonds is 5. The van der Waals surface area contributed by atoms with E-state index in [1.807, 2.05) is 6.92 Å². The first kappa shape index (κ1) is 13.7. The fourth-order valence-electron chi connectivity index (χ4n) is 1.60. The van der Waals surface area contributed by atoms with Gasteiger partial charge in [-0.3, -0.25) is 4.79 Å². The van der Waals surface area contributed by atoms with E-state index in [0.29, 0.717) is 19.8 Å². The number of oxime groups is 1. The van der Waals surface area contributed by atoms with Crippen molar-refractivity contribution in [2.75, 3.05) is 32.9 Å². The molecule has 0 aromatic carbocycles. The zero-order valence-corrected chi connectivity index (χ0v) is 9.96. The van der Waals surface area contributed by atoms with Crippen LogP contribution in [-0.2, 0) is 14.3 Å². The molecule has 0 aromatic heterocycles. The third-order valence-electron chi connectivity index (χ3n) is 2.38. The second-order valence-corrected chi connectivity index (χ2v) is 3.79. The summed E-state index contributed by atoms with van der Waals surface area (Å²) in [5, 5.41) is 11.4. The highest BCUT2D eigenvalue weighted by atomic mass is 16.6. The SMILES string of the molecule is CCCN(CC(N)=NO)C(=O)C1COCCO1. The molecule has 1 amide bonds. The number of nitrogens with zero attached hydrogens (tertiary/aromatic N) is 2. The van der Waals surface area contributed by atoms with Crippen LogP contribution in [0.2, 0.25) is 0 Å². The van der Waals surface area contributed by atoms with Gasteiger partial charge in [0.15, 0.2) is 11.9 Å². The van der Waals surface area contributed by atoms with Crippen LogP contribution in [0.5, 0.6) is 0 Å². The molecule has 1 aliphatic heterocycles. The number of nitrogens with two attached hydrogens (primary N) is 1. The normalized spacial score (nSPS) is 21.2. The van der Waals surface area contributed by atoms with Crippen molar-refractivity contribution in [1.82, 2.24) is 4.90 Å². The summed E-state index contributed by atoms with van der Waals surface area (Å²) in [5.74, 6) is -0.179. The number of carbonyl (C=O) groups excluding carboxylic acids is 1. The molecule has 0 saturated carbocycles. The van der Waals surface area contributed by atoms with E-state index in [-0.39, 0.29) is 24.9 Å². The molecule has 0 radical (unpaired) electrons. The van der Waals surface area contributed by atoms with Gasteiger partial charge in [0.05, 0.1) is 26.4 Å². The van der Waals surface area contributed by atoms with Crippen LogP contribution in [0.15, 0.2) is 5.16 Å². The van der Waals surface area contributed by atoms with E-state index in [9.17, 15) is 4.79 Å². The number of amides is 1. The number of hydrogen-bond donors (Lipinski definition) is 2. The summed E-state index contributed by atoms with van der Waals surface area (Å²) in [7, 11) is 0. The smallest absolute Gasteiger partial charge is 0.254 e. The molecular weight excluding hydrogens is 226 g/mol. The van der Waals surface area contributed by atoms with Crippen LogP contribution < -0.4 is 5.73 Å². The molecule has 0 bridgehead atoms. The Balaban J connectivity index is 2.58. The summed E-state index contributed by atoms with van der Waals surface area (Å²) in [4.78, 5) is 13.6. The van der Waals surface area contributed by atoms with Gasteiger partial charge in [-0.15, -0.1) is 0 Å². The highest BCUT2D eigenvalue weighted by molar-refractivity contribution is 5.88. The Labute approximate surface area is 100 Å². The standard InChI is InChI=1S/C10H19N3O4/c1-2-3-13(6-9(11)12-15)10(14)8-7-16-4-5-17-8/h8,15H,2-7H2,1H3,(H2,11,12). The van der Waals surface area contributed by atoms with Crippen LogP contribution in [0.4, 0.5) is 0 Å². The fourth-order valence-corrected chi connectivity index (χ4v) is 1.60. The number of amidine groups is 1. The number of carbonyl (C=O) groups is 1. The fraction of sp³-hybridized carbons (Fsp3) is 0.800. The Morgan fingerprint density at radius 3 is 2.88 bits per heavy atom. The molecule has 17 heavy (non-hydrogen) atoms. The van der Waals surface area contributed by atoms with Gasteiger partial charge in [-0.1, -0.05) is 12.1 Å². The van der Waals surface area contributed by atoms with E-state index in [1.165, 1.54) is 4.90 Å². The van der Waals surface area contributed by atoms with Crippen molar-refractivity contribution in [3.8, 4) is 0 Å². The van der Waals surface area contributed by atoms with Crippen LogP contribution in [0.25, 0.3) is 0 Å². The Morgan fingerprint density at radius 1 is 1.59 bits per heavy atom. The van der Waals surface area contributed by atoms with Crippen LogP contribution in [0.3, 0.4) is 0 Å². The summed E-state index contributed by atoms with van der Waals surface area (Å²) in [6.07, 6.45) is 0.208. The lowest BCUT2D eigenvalue weighted by Gasteiger charge is -2.28. The molecule has 1 atom stereocenters. The highest BCUT2D eigenvalue weighted by Gasteiger charge is 2.27. The van der Waals surface area contributed by atoms with E-state index in [0.717, 1.165) is 6.42 Å². The van der Waals surface area contributed by atoms with Gasteiger partial charge in [0, 0.05) is 6.54 Å². The second-order valence-electron chi connectivity index (χ2n) is 3.79. The maximum absolute atomic E-state index is 12.1. The van der Waals surface area contributed by atoms with Crippen LogP contribution in [0, 0.1) is 0 Å². The molecule has 0 aliphatic carbocycles. The van der Waals surface area contributed by atoms with Gasteiger partial charge in [-0.2, -0.15) is 0 Å². The first-order valence-corrected chi connectivity index (χ1v) is 5.63. The van der Waals surface area contributed by atoms with E-state index in [4.69, 9.17) is 20.4 Å². The molecular formula is C10H19N3O4. The number of hydrogen-bond acceptors (Lipinski definition) is 5. The average Bonchev–Trinajstić information content (AvgIpc) is 2.38. The van der Waals surface area contributed by atoms with Crippen molar-refractivity contribution in [3.05, 3.63) is 0 Å².